The second-order valence-electron chi connectivity index (χ2n) is 9.11. The molecule has 0 unspecified atom stereocenters. The van der Waals surface area contributed by atoms with Crippen LogP contribution in [0.1, 0.15) is 51.1 Å². The number of carbonyl (C=O) groups excluding carboxylic acids is 2. The summed E-state index contributed by atoms with van der Waals surface area (Å²) < 4.78 is 27.5. The van der Waals surface area contributed by atoms with E-state index in [0.717, 1.165) is 36.2 Å². The van der Waals surface area contributed by atoms with Crippen LogP contribution in [-0.2, 0) is 5.66 Å². The summed E-state index contributed by atoms with van der Waals surface area (Å²) in [6, 6.07) is 18.8. The van der Waals surface area contributed by atoms with Gasteiger partial charge in [0.05, 0.1) is 0 Å². The molecule has 3 aromatic carbocycles. The third-order valence-electron chi connectivity index (χ3n) is 7.28. The first kappa shape index (κ1) is 20.8. The van der Waals surface area contributed by atoms with Crippen molar-refractivity contribution < 1.29 is 18.4 Å². The Bertz CT molecular complexity index is 1310. The van der Waals surface area contributed by atoms with Crippen LogP contribution in [0.3, 0.4) is 0 Å². The fraction of sp³-hybridized carbons (Fsp3) is 0.259. The SMILES string of the molecule is O=C(c1ccc(F)c(F)c1)N1CCN2C(=O)c3ccccc3[C@@]12c1ccc(NC2CCC2)cc1. The summed E-state index contributed by atoms with van der Waals surface area (Å²) in [6.07, 6.45) is 3.53. The first-order chi connectivity index (χ1) is 16.5. The van der Waals surface area contributed by atoms with Gasteiger partial charge in [-0.15, -0.1) is 0 Å². The van der Waals surface area contributed by atoms with E-state index in [0.29, 0.717) is 23.7 Å². The maximum Gasteiger partial charge on any atom is 0.256 e. The van der Waals surface area contributed by atoms with Crippen LogP contribution >= 0.6 is 0 Å². The van der Waals surface area contributed by atoms with Gasteiger partial charge < -0.3 is 15.1 Å². The topological polar surface area (TPSA) is 52.7 Å². The molecule has 1 aliphatic carbocycles. The lowest BCUT2D eigenvalue weighted by Crippen LogP contribution is -2.51. The molecule has 3 aliphatic rings. The molecule has 0 bridgehead atoms. The molecular formula is C27H23F2N3O2. The van der Waals surface area contributed by atoms with Gasteiger partial charge in [-0.05, 0) is 55.7 Å². The van der Waals surface area contributed by atoms with Crippen molar-refractivity contribution in [3.8, 4) is 0 Å². The molecule has 7 heteroatoms. The Balaban J connectivity index is 1.48. The van der Waals surface area contributed by atoms with Crippen LogP contribution in [0.5, 0.6) is 0 Å². The van der Waals surface area contributed by atoms with E-state index >= 15 is 0 Å². The molecule has 5 nitrogen and oxygen atoms in total. The van der Waals surface area contributed by atoms with Gasteiger partial charge in [-0.1, -0.05) is 30.3 Å². The summed E-state index contributed by atoms with van der Waals surface area (Å²) in [5.74, 6) is -2.69. The van der Waals surface area contributed by atoms with Gasteiger partial charge in [0.1, 0.15) is 0 Å². The largest absolute Gasteiger partial charge is 0.382 e. The van der Waals surface area contributed by atoms with Crippen molar-refractivity contribution in [2.24, 2.45) is 0 Å². The van der Waals surface area contributed by atoms with Crippen LogP contribution in [0.2, 0.25) is 0 Å². The lowest BCUT2D eigenvalue weighted by molar-refractivity contribution is 0.0375. The molecule has 6 rings (SSSR count). The summed E-state index contributed by atoms with van der Waals surface area (Å²) in [4.78, 5) is 30.4. The molecule has 172 valence electrons. The Morgan fingerprint density at radius 1 is 0.941 bits per heavy atom. The highest BCUT2D eigenvalue weighted by Crippen LogP contribution is 2.50. The van der Waals surface area contributed by atoms with Gasteiger partial charge in [0.15, 0.2) is 17.3 Å². The third kappa shape index (κ3) is 2.89. The van der Waals surface area contributed by atoms with Crippen molar-refractivity contribution >= 4 is 17.5 Å². The summed E-state index contributed by atoms with van der Waals surface area (Å²) in [7, 11) is 0. The number of rotatable bonds is 4. The summed E-state index contributed by atoms with van der Waals surface area (Å²) in [6.45, 7) is 0.616. The van der Waals surface area contributed by atoms with Gasteiger partial charge >= 0.3 is 0 Å². The first-order valence-corrected chi connectivity index (χ1v) is 11.6. The van der Waals surface area contributed by atoms with Crippen molar-refractivity contribution in [1.29, 1.82) is 0 Å². The fourth-order valence-electron chi connectivity index (χ4n) is 5.42. The van der Waals surface area contributed by atoms with E-state index in [1.165, 1.54) is 12.5 Å². The molecule has 0 radical (unpaired) electrons. The molecule has 1 atom stereocenters. The fourth-order valence-corrected chi connectivity index (χ4v) is 5.42. The van der Waals surface area contributed by atoms with E-state index < -0.39 is 23.2 Å². The monoisotopic (exact) mass is 459 g/mol. The minimum absolute atomic E-state index is 0.0419. The normalized spacial score (nSPS) is 21.3. The summed E-state index contributed by atoms with van der Waals surface area (Å²) in [5, 5.41) is 3.51. The average Bonchev–Trinajstić information content (AvgIpc) is 3.34. The second-order valence-corrected chi connectivity index (χ2v) is 9.11. The van der Waals surface area contributed by atoms with Gasteiger partial charge in [0.25, 0.3) is 11.8 Å². The maximum atomic E-state index is 14.0. The Labute approximate surface area is 196 Å². The molecule has 1 saturated heterocycles. The molecule has 0 spiro atoms. The van der Waals surface area contributed by atoms with Gasteiger partial charge in [0, 0.05) is 47.1 Å². The molecule has 34 heavy (non-hydrogen) atoms. The van der Waals surface area contributed by atoms with Gasteiger partial charge in [-0.25, -0.2) is 8.78 Å². The van der Waals surface area contributed by atoms with Crippen LogP contribution in [-0.4, -0.2) is 40.7 Å². The van der Waals surface area contributed by atoms with E-state index in [4.69, 9.17) is 0 Å². The number of fused-ring (bicyclic) bond motifs is 3. The lowest BCUT2D eigenvalue weighted by atomic mass is 9.89. The average molecular weight is 459 g/mol. The van der Waals surface area contributed by atoms with Gasteiger partial charge in [-0.3, -0.25) is 9.59 Å². The van der Waals surface area contributed by atoms with Gasteiger partial charge in [-0.2, -0.15) is 0 Å². The Kier molecular flexibility index (Phi) is 4.69. The minimum atomic E-state index is -1.15. The molecule has 3 aromatic rings. The zero-order chi connectivity index (χ0) is 23.4. The molecule has 0 aromatic heterocycles. The van der Waals surface area contributed by atoms with Crippen LogP contribution in [0, 0.1) is 11.6 Å². The number of nitrogens with one attached hydrogen (secondary N) is 1. The standard InChI is InChI=1S/C27H23F2N3O2/c28-23-13-8-17(16-24(23)29)25(33)31-14-15-32-26(34)21-6-1-2-7-22(21)27(31,32)18-9-11-20(12-10-18)30-19-4-3-5-19/h1-2,6-13,16,19,30H,3-5,14-15H2/t27-/m0/s1. The quantitative estimate of drug-likeness (QED) is 0.613. The van der Waals surface area contributed by atoms with Crippen molar-refractivity contribution in [1.82, 2.24) is 9.80 Å². The molecule has 1 saturated carbocycles. The smallest absolute Gasteiger partial charge is 0.256 e. The molecular weight excluding hydrogens is 436 g/mol. The summed E-state index contributed by atoms with van der Waals surface area (Å²) >= 11 is 0. The third-order valence-corrected chi connectivity index (χ3v) is 7.28. The van der Waals surface area contributed by atoms with Crippen LogP contribution in [0.4, 0.5) is 14.5 Å². The van der Waals surface area contributed by atoms with Crippen molar-refractivity contribution in [3.05, 3.63) is 101 Å². The Morgan fingerprint density at radius 2 is 1.71 bits per heavy atom. The number of nitrogens with zero attached hydrogens (tertiary/aromatic N) is 2. The molecule has 2 aliphatic heterocycles. The highest BCUT2D eigenvalue weighted by Gasteiger charge is 2.59. The number of halogens is 2. The highest BCUT2D eigenvalue weighted by molar-refractivity contribution is 6.03. The van der Waals surface area contributed by atoms with Crippen LogP contribution < -0.4 is 5.32 Å². The van der Waals surface area contributed by atoms with E-state index in [9.17, 15) is 18.4 Å². The predicted octanol–water partition coefficient (Wildman–Crippen LogP) is 4.74. The summed E-state index contributed by atoms with van der Waals surface area (Å²) in [5.41, 5.74) is 1.92. The number of carbonyl (C=O) groups is 2. The van der Waals surface area contributed by atoms with E-state index in [2.05, 4.69) is 5.32 Å². The number of benzene rings is 3. The highest BCUT2D eigenvalue weighted by atomic mass is 19.2. The molecule has 2 amide bonds. The molecule has 2 heterocycles. The van der Waals surface area contributed by atoms with E-state index in [1.54, 1.807) is 21.9 Å². The Morgan fingerprint density at radius 3 is 2.41 bits per heavy atom. The van der Waals surface area contributed by atoms with E-state index in [1.807, 2.05) is 36.4 Å². The second kappa shape index (κ2) is 7.65. The van der Waals surface area contributed by atoms with Crippen LogP contribution in [0.25, 0.3) is 0 Å². The van der Waals surface area contributed by atoms with Crippen molar-refractivity contribution in [2.75, 3.05) is 18.4 Å². The minimum Gasteiger partial charge on any atom is -0.382 e. The zero-order valence-corrected chi connectivity index (χ0v) is 18.4. The maximum absolute atomic E-state index is 14.0. The number of anilines is 1. The molecule has 1 N–H and O–H groups in total. The zero-order valence-electron chi connectivity index (χ0n) is 18.4. The number of amides is 2. The van der Waals surface area contributed by atoms with Gasteiger partial charge in [0.2, 0.25) is 0 Å². The number of hydrogen-bond donors (Lipinski definition) is 1. The molecule has 2 fully saturated rings. The van der Waals surface area contributed by atoms with Crippen LogP contribution in [0.15, 0.2) is 66.7 Å². The van der Waals surface area contributed by atoms with Crippen molar-refractivity contribution in [3.63, 3.8) is 0 Å². The Hall–Kier alpha value is -3.74. The first-order valence-electron chi connectivity index (χ1n) is 11.6. The van der Waals surface area contributed by atoms with Crippen molar-refractivity contribution in [2.45, 2.75) is 31.0 Å². The van der Waals surface area contributed by atoms with E-state index in [-0.39, 0.29) is 18.0 Å². The lowest BCUT2D eigenvalue weighted by Gasteiger charge is -2.40. The number of hydrogen-bond acceptors (Lipinski definition) is 3. The predicted molar refractivity (Wildman–Crippen MR) is 123 cm³/mol.